The Morgan fingerprint density at radius 3 is 3.00 bits per heavy atom. The number of benzene rings is 1. The van der Waals surface area contributed by atoms with E-state index in [1.165, 1.54) is 19.2 Å². The van der Waals surface area contributed by atoms with Crippen molar-refractivity contribution in [3.8, 4) is 5.75 Å². The highest BCUT2D eigenvalue weighted by Gasteiger charge is 2.41. The molecule has 2 aliphatic heterocycles. The molecule has 1 aromatic rings. The van der Waals surface area contributed by atoms with Gasteiger partial charge in [-0.05, 0) is 19.4 Å². The molecule has 0 unspecified atom stereocenters. The van der Waals surface area contributed by atoms with Crippen LogP contribution < -0.4 is 4.74 Å². The maximum Gasteiger partial charge on any atom is 0.227 e. The molecule has 3 rings (SSSR count). The van der Waals surface area contributed by atoms with Gasteiger partial charge in [0, 0.05) is 30.6 Å². The molecule has 0 saturated carbocycles. The van der Waals surface area contributed by atoms with Gasteiger partial charge in [0.1, 0.15) is 11.6 Å². The highest BCUT2D eigenvalue weighted by Crippen LogP contribution is 2.33. The van der Waals surface area contributed by atoms with E-state index in [1.54, 1.807) is 6.07 Å². The fraction of sp³-hybridized carbons (Fsp3) is 0.562. The van der Waals surface area contributed by atoms with Crippen LogP contribution in [0.15, 0.2) is 18.2 Å². The summed E-state index contributed by atoms with van der Waals surface area (Å²) in [7, 11) is 1.48. The first kappa shape index (κ1) is 14.3. The number of hydrogen-bond acceptors (Lipinski definition) is 3. The molecule has 0 bridgehead atoms. The number of likely N-dealkylation sites (tertiary alicyclic amines) is 1. The second-order valence-electron chi connectivity index (χ2n) is 5.91. The first-order chi connectivity index (χ1) is 10.1. The van der Waals surface area contributed by atoms with E-state index in [4.69, 9.17) is 9.47 Å². The monoisotopic (exact) mass is 293 g/mol. The van der Waals surface area contributed by atoms with Crippen molar-refractivity contribution >= 4 is 5.91 Å². The maximum absolute atomic E-state index is 13.2. The Hall–Kier alpha value is -1.62. The second kappa shape index (κ2) is 5.64. The largest absolute Gasteiger partial charge is 0.496 e. The zero-order chi connectivity index (χ0) is 15.0. The summed E-state index contributed by atoms with van der Waals surface area (Å²) >= 11 is 0. The molecule has 0 aliphatic carbocycles. The number of fused-ring (bicyclic) bond motifs is 1. The molecule has 0 radical (unpaired) electrons. The molecule has 21 heavy (non-hydrogen) atoms. The molecule has 0 spiro atoms. The molecule has 5 heteroatoms. The molecule has 2 aliphatic rings. The van der Waals surface area contributed by atoms with E-state index in [-0.39, 0.29) is 24.2 Å². The van der Waals surface area contributed by atoms with Crippen LogP contribution in [0, 0.1) is 11.7 Å². The van der Waals surface area contributed by atoms with Crippen LogP contribution in [0.25, 0.3) is 0 Å². The normalized spacial score (nSPS) is 27.8. The van der Waals surface area contributed by atoms with Crippen molar-refractivity contribution in [1.82, 2.24) is 4.90 Å². The van der Waals surface area contributed by atoms with Crippen LogP contribution in [0.4, 0.5) is 4.39 Å². The summed E-state index contributed by atoms with van der Waals surface area (Å²) in [5.41, 5.74) is 0.718. The third-order valence-corrected chi connectivity index (χ3v) is 4.37. The molecule has 1 amide bonds. The molecular weight excluding hydrogens is 273 g/mol. The predicted molar refractivity (Wildman–Crippen MR) is 75.7 cm³/mol. The third-order valence-electron chi connectivity index (χ3n) is 4.37. The molecule has 1 aromatic carbocycles. The number of nitrogens with zero attached hydrogens (tertiary/aromatic N) is 1. The number of methoxy groups -OCH3 is 1. The van der Waals surface area contributed by atoms with Crippen LogP contribution in [0.1, 0.15) is 18.9 Å². The molecular formula is C16H20FNO3. The zero-order valence-electron chi connectivity index (χ0n) is 12.3. The van der Waals surface area contributed by atoms with E-state index in [0.29, 0.717) is 24.3 Å². The summed E-state index contributed by atoms with van der Waals surface area (Å²) < 4.78 is 24.1. The van der Waals surface area contributed by atoms with E-state index in [2.05, 4.69) is 6.92 Å². The van der Waals surface area contributed by atoms with Crippen LogP contribution in [-0.4, -0.2) is 43.2 Å². The molecule has 3 atom stereocenters. The lowest BCUT2D eigenvalue weighted by Crippen LogP contribution is -2.32. The Morgan fingerprint density at radius 2 is 2.29 bits per heavy atom. The summed E-state index contributed by atoms with van der Waals surface area (Å²) in [6.07, 6.45) is 1.74. The SMILES string of the molecule is COc1cc(F)ccc1CC(=O)N1C[C@@H]2C[C@@H](C)O[C@@H]2C1. The van der Waals surface area contributed by atoms with Gasteiger partial charge in [-0.15, -0.1) is 0 Å². The average Bonchev–Trinajstić information content (AvgIpc) is 2.97. The minimum Gasteiger partial charge on any atom is -0.496 e. The number of amides is 1. The summed E-state index contributed by atoms with van der Waals surface area (Å²) in [4.78, 5) is 14.3. The summed E-state index contributed by atoms with van der Waals surface area (Å²) in [5.74, 6) is 0.568. The third kappa shape index (κ3) is 2.88. The zero-order valence-corrected chi connectivity index (χ0v) is 12.3. The number of ether oxygens (including phenoxy) is 2. The minimum atomic E-state index is -0.360. The van der Waals surface area contributed by atoms with Gasteiger partial charge >= 0.3 is 0 Å². The number of carbonyl (C=O) groups excluding carboxylic acids is 1. The maximum atomic E-state index is 13.2. The predicted octanol–water partition coefficient (Wildman–Crippen LogP) is 2.01. The van der Waals surface area contributed by atoms with Crippen molar-refractivity contribution in [3.63, 3.8) is 0 Å². The Balaban J connectivity index is 1.65. The van der Waals surface area contributed by atoms with E-state index < -0.39 is 0 Å². The number of carbonyl (C=O) groups is 1. The van der Waals surface area contributed by atoms with Gasteiger partial charge in [0.15, 0.2) is 0 Å². The van der Waals surface area contributed by atoms with E-state index in [1.807, 2.05) is 4.90 Å². The van der Waals surface area contributed by atoms with Crippen LogP contribution in [0.5, 0.6) is 5.75 Å². The standard InChI is InChI=1S/C16H20FNO3/c1-10-5-12-8-18(9-15(12)21-10)16(19)6-11-3-4-13(17)7-14(11)20-2/h3-4,7,10,12,15H,5-6,8-9H2,1-2H3/t10-,12+,15-/m1/s1. The summed E-state index contributed by atoms with van der Waals surface area (Å²) in [6, 6.07) is 4.28. The van der Waals surface area contributed by atoms with Crippen molar-refractivity contribution in [3.05, 3.63) is 29.6 Å². The van der Waals surface area contributed by atoms with Crippen LogP contribution in [0.2, 0.25) is 0 Å². The Morgan fingerprint density at radius 1 is 1.48 bits per heavy atom. The van der Waals surface area contributed by atoms with Crippen molar-refractivity contribution in [1.29, 1.82) is 0 Å². The van der Waals surface area contributed by atoms with Crippen molar-refractivity contribution in [2.75, 3.05) is 20.2 Å². The molecule has 0 aromatic heterocycles. The van der Waals surface area contributed by atoms with Gasteiger partial charge in [0.05, 0.1) is 25.7 Å². The molecule has 2 fully saturated rings. The number of halogens is 1. The molecule has 0 N–H and O–H groups in total. The number of rotatable bonds is 3. The lowest BCUT2D eigenvalue weighted by Gasteiger charge is -2.19. The van der Waals surface area contributed by atoms with Gasteiger partial charge in [-0.1, -0.05) is 6.07 Å². The molecule has 2 saturated heterocycles. The summed E-state index contributed by atoms with van der Waals surface area (Å²) in [5, 5.41) is 0. The Bertz CT molecular complexity index is 534. The lowest BCUT2D eigenvalue weighted by molar-refractivity contribution is -0.130. The Labute approximate surface area is 123 Å². The number of hydrogen-bond donors (Lipinski definition) is 0. The van der Waals surface area contributed by atoms with Crippen LogP contribution in [-0.2, 0) is 16.0 Å². The Kier molecular flexibility index (Phi) is 3.85. The van der Waals surface area contributed by atoms with Gasteiger partial charge in [-0.2, -0.15) is 0 Å². The van der Waals surface area contributed by atoms with Gasteiger partial charge in [-0.25, -0.2) is 4.39 Å². The van der Waals surface area contributed by atoms with E-state index in [9.17, 15) is 9.18 Å². The van der Waals surface area contributed by atoms with E-state index >= 15 is 0 Å². The van der Waals surface area contributed by atoms with Gasteiger partial charge < -0.3 is 14.4 Å². The first-order valence-electron chi connectivity index (χ1n) is 7.32. The summed E-state index contributed by atoms with van der Waals surface area (Å²) in [6.45, 7) is 3.50. The lowest BCUT2D eigenvalue weighted by atomic mass is 10.0. The fourth-order valence-electron chi connectivity index (χ4n) is 3.35. The highest BCUT2D eigenvalue weighted by molar-refractivity contribution is 5.80. The van der Waals surface area contributed by atoms with Crippen LogP contribution >= 0.6 is 0 Å². The van der Waals surface area contributed by atoms with E-state index in [0.717, 1.165) is 18.5 Å². The van der Waals surface area contributed by atoms with Gasteiger partial charge in [-0.3, -0.25) is 4.79 Å². The first-order valence-corrected chi connectivity index (χ1v) is 7.32. The smallest absolute Gasteiger partial charge is 0.227 e. The molecule has 114 valence electrons. The average molecular weight is 293 g/mol. The highest BCUT2D eigenvalue weighted by atomic mass is 19.1. The molecule has 4 nitrogen and oxygen atoms in total. The second-order valence-corrected chi connectivity index (χ2v) is 5.91. The quantitative estimate of drug-likeness (QED) is 0.856. The van der Waals surface area contributed by atoms with Gasteiger partial charge in [0.25, 0.3) is 0 Å². The van der Waals surface area contributed by atoms with Crippen molar-refractivity contribution < 1.29 is 18.7 Å². The van der Waals surface area contributed by atoms with Gasteiger partial charge in [0.2, 0.25) is 5.91 Å². The fourth-order valence-corrected chi connectivity index (χ4v) is 3.35. The molecule has 2 heterocycles. The van der Waals surface area contributed by atoms with Crippen molar-refractivity contribution in [2.24, 2.45) is 5.92 Å². The topological polar surface area (TPSA) is 38.8 Å². The minimum absolute atomic E-state index is 0.0468. The van der Waals surface area contributed by atoms with Crippen molar-refractivity contribution in [2.45, 2.75) is 32.0 Å². The van der Waals surface area contributed by atoms with Crippen LogP contribution in [0.3, 0.4) is 0 Å².